The lowest BCUT2D eigenvalue weighted by molar-refractivity contribution is 0.0686. The molecule has 0 aliphatic carbocycles. The minimum atomic E-state index is -0.0107. The van der Waals surface area contributed by atoms with Gasteiger partial charge in [0, 0.05) is 30.7 Å². The van der Waals surface area contributed by atoms with E-state index in [2.05, 4.69) is 25.8 Å². The van der Waals surface area contributed by atoms with Gasteiger partial charge in [0.1, 0.15) is 0 Å². The van der Waals surface area contributed by atoms with Crippen molar-refractivity contribution in [1.82, 2.24) is 9.88 Å². The number of anilines is 1. The van der Waals surface area contributed by atoms with Crippen molar-refractivity contribution in [3.05, 3.63) is 24.0 Å². The van der Waals surface area contributed by atoms with Crippen molar-refractivity contribution in [2.24, 2.45) is 0 Å². The molecule has 0 saturated heterocycles. The first-order chi connectivity index (χ1) is 8.61. The second-order valence-corrected chi connectivity index (χ2v) is 4.57. The Morgan fingerprint density at radius 2 is 2.22 bits per heavy atom. The highest BCUT2D eigenvalue weighted by Crippen LogP contribution is 2.16. The quantitative estimate of drug-likeness (QED) is 0.843. The fourth-order valence-electron chi connectivity index (χ4n) is 1.81. The fraction of sp³-hybridized carbons (Fsp3) is 0.571. The van der Waals surface area contributed by atoms with Crippen molar-refractivity contribution in [2.45, 2.75) is 46.1 Å². The highest BCUT2D eigenvalue weighted by molar-refractivity contribution is 5.98. The fourth-order valence-corrected chi connectivity index (χ4v) is 1.81. The molecule has 0 bridgehead atoms. The van der Waals surface area contributed by atoms with Crippen LogP contribution in [0, 0.1) is 0 Å². The number of hydrogen-bond acceptors (Lipinski definition) is 3. The van der Waals surface area contributed by atoms with Gasteiger partial charge >= 0.3 is 0 Å². The average Bonchev–Trinajstić information content (AvgIpc) is 2.39. The number of carbonyl (C=O) groups is 1. The van der Waals surface area contributed by atoms with Crippen molar-refractivity contribution < 1.29 is 4.79 Å². The summed E-state index contributed by atoms with van der Waals surface area (Å²) in [4.78, 5) is 18.4. The Morgan fingerprint density at radius 3 is 2.78 bits per heavy atom. The van der Waals surface area contributed by atoms with Crippen molar-refractivity contribution in [3.8, 4) is 0 Å². The highest BCUT2D eigenvalue weighted by atomic mass is 16.2. The van der Waals surface area contributed by atoms with Crippen LogP contribution in [-0.2, 0) is 0 Å². The largest absolute Gasteiger partial charge is 0.398 e. The van der Waals surface area contributed by atoms with E-state index in [4.69, 9.17) is 5.73 Å². The van der Waals surface area contributed by atoms with E-state index in [1.165, 1.54) is 0 Å². The molecule has 4 heteroatoms. The first kappa shape index (κ1) is 14.5. The summed E-state index contributed by atoms with van der Waals surface area (Å²) < 4.78 is 0. The first-order valence-corrected chi connectivity index (χ1v) is 6.62. The lowest BCUT2D eigenvalue weighted by atomic mass is 10.1. The SMILES string of the molecule is CCCCN(C(=O)c1cnccc1N)C(C)CC. The van der Waals surface area contributed by atoms with Gasteiger partial charge in [0.2, 0.25) is 0 Å². The predicted octanol–water partition coefficient (Wildman–Crippen LogP) is 2.70. The molecule has 100 valence electrons. The number of aromatic nitrogens is 1. The summed E-state index contributed by atoms with van der Waals surface area (Å²) in [6.45, 7) is 7.06. The first-order valence-electron chi connectivity index (χ1n) is 6.62. The summed E-state index contributed by atoms with van der Waals surface area (Å²) in [5.74, 6) is -0.0107. The van der Waals surface area contributed by atoms with Gasteiger partial charge in [-0.15, -0.1) is 0 Å². The van der Waals surface area contributed by atoms with Gasteiger partial charge in [-0.05, 0) is 25.8 Å². The molecule has 0 aliphatic rings. The standard InChI is InChI=1S/C14H23N3O/c1-4-6-9-17(11(3)5-2)14(18)12-10-16-8-7-13(12)15/h7-8,10-11H,4-6,9H2,1-3H3,(H2,15,16). The predicted molar refractivity (Wildman–Crippen MR) is 74.3 cm³/mol. The van der Waals surface area contributed by atoms with Crippen LogP contribution in [0.2, 0.25) is 0 Å². The molecule has 4 nitrogen and oxygen atoms in total. The lowest BCUT2D eigenvalue weighted by Gasteiger charge is -2.29. The number of nitrogen functional groups attached to an aromatic ring is 1. The van der Waals surface area contributed by atoms with E-state index < -0.39 is 0 Å². The van der Waals surface area contributed by atoms with Crippen LogP contribution in [0.1, 0.15) is 50.4 Å². The number of unbranched alkanes of at least 4 members (excludes halogenated alkanes) is 1. The average molecular weight is 249 g/mol. The molecule has 1 unspecified atom stereocenters. The number of nitrogens with zero attached hydrogens (tertiary/aromatic N) is 2. The summed E-state index contributed by atoms with van der Waals surface area (Å²) in [5.41, 5.74) is 6.85. The van der Waals surface area contributed by atoms with Crippen LogP contribution in [0.25, 0.3) is 0 Å². The topological polar surface area (TPSA) is 59.2 Å². The van der Waals surface area contributed by atoms with Gasteiger partial charge in [-0.3, -0.25) is 9.78 Å². The maximum absolute atomic E-state index is 12.5. The zero-order valence-corrected chi connectivity index (χ0v) is 11.5. The molecule has 1 aromatic rings. The molecule has 1 atom stereocenters. The number of pyridine rings is 1. The molecule has 0 fully saturated rings. The minimum Gasteiger partial charge on any atom is -0.398 e. The Hall–Kier alpha value is -1.58. The van der Waals surface area contributed by atoms with Crippen molar-refractivity contribution >= 4 is 11.6 Å². The molecular formula is C14H23N3O. The summed E-state index contributed by atoms with van der Waals surface area (Å²) in [6, 6.07) is 1.89. The third kappa shape index (κ3) is 3.45. The molecule has 1 heterocycles. The van der Waals surface area contributed by atoms with Crippen LogP contribution >= 0.6 is 0 Å². The summed E-state index contributed by atoms with van der Waals surface area (Å²) >= 11 is 0. The van der Waals surface area contributed by atoms with Crippen molar-refractivity contribution in [3.63, 3.8) is 0 Å². The van der Waals surface area contributed by atoms with Crippen LogP contribution in [0.4, 0.5) is 5.69 Å². The third-order valence-electron chi connectivity index (χ3n) is 3.22. The monoisotopic (exact) mass is 249 g/mol. The number of nitrogens with two attached hydrogens (primary N) is 1. The maximum Gasteiger partial charge on any atom is 0.257 e. The smallest absolute Gasteiger partial charge is 0.257 e. The van der Waals surface area contributed by atoms with Gasteiger partial charge in [0.25, 0.3) is 5.91 Å². The number of hydrogen-bond donors (Lipinski definition) is 1. The Balaban J connectivity index is 2.91. The number of amides is 1. The molecular weight excluding hydrogens is 226 g/mol. The Kier molecular flexibility index (Phi) is 5.62. The van der Waals surface area contributed by atoms with Gasteiger partial charge in [0.15, 0.2) is 0 Å². The van der Waals surface area contributed by atoms with E-state index in [9.17, 15) is 4.79 Å². The molecule has 1 rings (SSSR count). The molecule has 0 aliphatic heterocycles. The summed E-state index contributed by atoms with van der Waals surface area (Å²) in [6.07, 6.45) is 6.18. The Labute approximate surface area is 109 Å². The van der Waals surface area contributed by atoms with Gasteiger partial charge in [-0.1, -0.05) is 20.3 Å². The maximum atomic E-state index is 12.5. The van der Waals surface area contributed by atoms with E-state index in [0.717, 1.165) is 25.8 Å². The van der Waals surface area contributed by atoms with E-state index in [0.29, 0.717) is 11.3 Å². The molecule has 0 radical (unpaired) electrons. The van der Waals surface area contributed by atoms with Gasteiger partial charge in [0.05, 0.1) is 5.56 Å². The van der Waals surface area contributed by atoms with Crippen LogP contribution in [0.5, 0.6) is 0 Å². The molecule has 1 aromatic heterocycles. The molecule has 18 heavy (non-hydrogen) atoms. The number of carbonyl (C=O) groups excluding carboxylic acids is 1. The zero-order valence-electron chi connectivity index (χ0n) is 11.5. The Bertz CT molecular complexity index is 392. The second-order valence-electron chi connectivity index (χ2n) is 4.57. The lowest BCUT2D eigenvalue weighted by Crippen LogP contribution is -2.39. The molecule has 0 spiro atoms. The van der Waals surface area contributed by atoms with Gasteiger partial charge < -0.3 is 10.6 Å². The molecule has 0 aromatic carbocycles. The normalized spacial score (nSPS) is 12.2. The molecule has 2 N–H and O–H groups in total. The molecule has 0 saturated carbocycles. The van der Waals surface area contributed by atoms with Crippen molar-refractivity contribution in [2.75, 3.05) is 12.3 Å². The summed E-state index contributed by atoms with van der Waals surface area (Å²) in [7, 11) is 0. The van der Waals surface area contributed by atoms with E-state index in [1.807, 2.05) is 4.90 Å². The van der Waals surface area contributed by atoms with Gasteiger partial charge in [-0.2, -0.15) is 0 Å². The third-order valence-corrected chi connectivity index (χ3v) is 3.22. The van der Waals surface area contributed by atoms with Crippen molar-refractivity contribution in [1.29, 1.82) is 0 Å². The second kappa shape index (κ2) is 6.99. The van der Waals surface area contributed by atoms with Crippen LogP contribution in [0.3, 0.4) is 0 Å². The van der Waals surface area contributed by atoms with Crippen LogP contribution in [-0.4, -0.2) is 28.4 Å². The highest BCUT2D eigenvalue weighted by Gasteiger charge is 2.21. The Morgan fingerprint density at radius 1 is 1.50 bits per heavy atom. The zero-order chi connectivity index (χ0) is 13.5. The molecule has 1 amide bonds. The van der Waals surface area contributed by atoms with Crippen LogP contribution < -0.4 is 5.73 Å². The van der Waals surface area contributed by atoms with E-state index in [-0.39, 0.29) is 11.9 Å². The summed E-state index contributed by atoms with van der Waals surface area (Å²) in [5, 5.41) is 0. The number of rotatable bonds is 6. The minimum absolute atomic E-state index is 0.0107. The van der Waals surface area contributed by atoms with Gasteiger partial charge in [-0.25, -0.2) is 0 Å². The van der Waals surface area contributed by atoms with E-state index >= 15 is 0 Å². The van der Waals surface area contributed by atoms with E-state index in [1.54, 1.807) is 18.5 Å². The van der Waals surface area contributed by atoms with Crippen LogP contribution in [0.15, 0.2) is 18.5 Å².